The number of aryl methyl sites for hydroxylation is 1. The minimum Gasteiger partial charge on any atom is -0.298 e. The lowest BCUT2D eigenvalue weighted by atomic mass is 10.0. The normalized spacial score (nSPS) is 10.2. The van der Waals surface area contributed by atoms with Gasteiger partial charge in [-0.25, -0.2) is 0 Å². The molecule has 0 N–H and O–H groups in total. The topological polar surface area (TPSA) is 17.1 Å². The van der Waals surface area contributed by atoms with Crippen LogP contribution in [0.4, 0.5) is 0 Å². The third-order valence-corrected chi connectivity index (χ3v) is 3.38. The van der Waals surface area contributed by atoms with E-state index in [9.17, 15) is 4.79 Å². The molecule has 0 saturated heterocycles. The maximum absolute atomic E-state index is 11.3. The van der Waals surface area contributed by atoms with E-state index in [1.54, 1.807) is 0 Å². The minimum atomic E-state index is 0.237. The van der Waals surface area contributed by atoms with E-state index in [-0.39, 0.29) is 5.78 Å². The Kier molecular flexibility index (Phi) is 5.09. The number of ketones is 1. The molecule has 1 nitrogen and oxygen atoms in total. The monoisotopic (exact) mass is 366 g/mol. The van der Waals surface area contributed by atoms with Crippen LogP contribution in [0, 0.1) is 3.57 Å². The van der Waals surface area contributed by atoms with Crippen LogP contribution in [0.25, 0.3) is 0 Å². The summed E-state index contributed by atoms with van der Waals surface area (Å²) in [5.41, 5.74) is 2.45. The van der Waals surface area contributed by atoms with Crippen molar-refractivity contribution in [3.8, 4) is 0 Å². The standard InChI is InChI=1S/C11H12BrIO/c1-2-8-5-10(13)4-3-9(8)6-11(14)7-12/h3-5H,2,6-7H2,1H3. The van der Waals surface area contributed by atoms with Crippen LogP contribution in [0.1, 0.15) is 18.1 Å². The minimum absolute atomic E-state index is 0.237. The zero-order valence-corrected chi connectivity index (χ0v) is 11.8. The summed E-state index contributed by atoms with van der Waals surface area (Å²) in [6, 6.07) is 6.26. The summed E-state index contributed by atoms with van der Waals surface area (Å²) in [7, 11) is 0. The highest BCUT2D eigenvalue weighted by molar-refractivity contribution is 14.1. The molecule has 0 unspecified atom stereocenters. The Labute approximate surface area is 107 Å². The molecule has 0 aromatic heterocycles. The van der Waals surface area contributed by atoms with E-state index in [4.69, 9.17) is 0 Å². The molecular formula is C11H12BrIO. The third-order valence-electron chi connectivity index (χ3n) is 2.09. The first-order chi connectivity index (χ1) is 6.67. The van der Waals surface area contributed by atoms with Crippen LogP contribution in [-0.2, 0) is 17.6 Å². The van der Waals surface area contributed by atoms with Crippen LogP contribution in [0.15, 0.2) is 18.2 Å². The van der Waals surface area contributed by atoms with Gasteiger partial charge in [0.2, 0.25) is 0 Å². The van der Waals surface area contributed by atoms with Gasteiger partial charge in [-0.05, 0) is 52.3 Å². The summed E-state index contributed by atoms with van der Waals surface area (Å²) < 4.78 is 1.23. The van der Waals surface area contributed by atoms with Crippen molar-refractivity contribution >= 4 is 44.3 Å². The fraction of sp³-hybridized carbons (Fsp3) is 0.364. The number of carbonyl (C=O) groups is 1. The number of hydrogen-bond acceptors (Lipinski definition) is 1. The number of Topliss-reactive ketones (excluding diaryl/α,β-unsaturated/α-hetero) is 1. The summed E-state index contributed by atoms with van der Waals surface area (Å²) in [5.74, 6) is 0.237. The second-order valence-corrected chi connectivity index (χ2v) is 4.92. The molecule has 0 heterocycles. The fourth-order valence-corrected chi connectivity index (χ4v) is 2.11. The van der Waals surface area contributed by atoms with Crippen molar-refractivity contribution in [1.82, 2.24) is 0 Å². The zero-order valence-electron chi connectivity index (χ0n) is 8.02. The van der Waals surface area contributed by atoms with Gasteiger partial charge in [0.15, 0.2) is 0 Å². The average Bonchev–Trinajstić information content (AvgIpc) is 2.20. The molecule has 0 aliphatic rings. The van der Waals surface area contributed by atoms with Gasteiger partial charge in [-0.1, -0.05) is 28.9 Å². The molecule has 1 aromatic carbocycles. The molecule has 0 atom stereocenters. The summed E-state index contributed by atoms with van der Waals surface area (Å²) in [4.78, 5) is 11.3. The molecule has 76 valence electrons. The molecule has 0 fully saturated rings. The molecule has 3 heteroatoms. The van der Waals surface area contributed by atoms with Crippen molar-refractivity contribution in [2.75, 3.05) is 5.33 Å². The number of carbonyl (C=O) groups excluding carboxylic acids is 1. The first kappa shape index (κ1) is 12.2. The quantitative estimate of drug-likeness (QED) is 0.589. The number of benzene rings is 1. The Morgan fingerprint density at radius 3 is 2.71 bits per heavy atom. The number of rotatable bonds is 4. The predicted molar refractivity (Wildman–Crippen MR) is 71.0 cm³/mol. The lowest BCUT2D eigenvalue weighted by molar-refractivity contribution is -0.115. The van der Waals surface area contributed by atoms with Crippen LogP contribution in [0.5, 0.6) is 0 Å². The van der Waals surface area contributed by atoms with Crippen molar-refractivity contribution in [3.05, 3.63) is 32.9 Å². The van der Waals surface area contributed by atoms with Crippen LogP contribution < -0.4 is 0 Å². The second kappa shape index (κ2) is 5.85. The van der Waals surface area contributed by atoms with Gasteiger partial charge >= 0.3 is 0 Å². The number of alkyl halides is 1. The maximum Gasteiger partial charge on any atom is 0.147 e. The SMILES string of the molecule is CCc1cc(I)ccc1CC(=O)CBr. The Hall–Kier alpha value is 0.1000. The smallest absolute Gasteiger partial charge is 0.147 e. The molecule has 0 aliphatic carbocycles. The van der Waals surface area contributed by atoms with E-state index < -0.39 is 0 Å². The van der Waals surface area contributed by atoms with Crippen LogP contribution in [0.2, 0.25) is 0 Å². The van der Waals surface area contributed by atoms with E-state index in [1.165, 1.54) is 9.13 Å². The molecule has 0 spiro atoms. The third kappa shape index (κ3) is 3.35. The van der Waals surface area contributed by atoms with Crippen LogP contribution in [0.3, 0.4) is 0 Å². The Bertz CT molecular complexity index is 336. The molecule has 0 saturated carbocycles. The van der Waals surface area contributed by atoms with Crippen molar-refractivity contribution in [2.45, 2.75) is 19.8 Å². The average molecular weight is 367 g/mol. The summed E-state index contributed by atoms with van der Waals surface area (Å²) in [6.45, 7) is 2.12. The Morgan fingerprint density at radius 1 is 1.43 bits per heavy atom. The second-order valence-electron chi connectivity index (χ2n) is 3.12. The Balaban J connectivity index is 2.90. The first-order valence-electron chi connectivity index (χ1n) is 4.52. The highest BCUT2D eigenvalue weighted by atomic mass is 127. The van der Waals surface area contributed by atoms with Gasteiger partial charge < -0.3 is 0 Å². The predicted octanol–water partition coefficient (Wildman–Crippen LogP) is 3.36. The van der Waals surface area contributed by atoms with Gasteiger partial charge in [0.25, 0.3) is 0 Å². The molecule has 0 radical (unpaired) electrons. The van der Waals surface area contributed by atoms with Crippen LogP contribution >= 0.6 is 38.5 Å². The summed E-state index contributed by atoms with van der Waals surface area (Å²) in [6.07, 6.45) is 1.53. The van der Waals surface area contributed by atoms with Crippen LogP contribution in [-0.4, -0.2) is 11.1 Å². The fourth-order valence-electron chi connectivity index (χ4n) is 1.36. The zero-order chi connectivity index (χ0) is 10.6. The molecule has 14 heavy (non-hydrogen) atoms. The number of hydrogen-bond donors (Lipinski definition) is 0. The highest BCUT2D eigenvalue weighted by Gasteiger charge is 2.06. The van der Waals surface area contributed by atoms with Crippen molar-refractivity contribution in [1.29, 1.82) is 0 Å². The summed E-state index contributed by atoms with van der Waals surface area (Å²) in [5, 5.41) is 0.447. The van der Waals surface area contributed by atoms with Crippen molar-refractivity contribution in [3.63, 3.8) is 0 Å². The van der Waals surface area contributed by atoms with Crippen molar-refractivity contribution < 1.29 is 4.79 Å². The Morgan fingerprint density at radius 2 is 2.14 bits per heavy atom. The van der Waals surface area contributed by atoms with E-state index in [2.05, 4.69) is 63.6 Å². The molecule has 1 aromatic rings. The van der Waals surface area contributed by atoms with Gasteiger partial charge in [-0.15, -0.1) is 0 Å². The van der Waals surface area contributed by atoms with E-state index in [0.717, 1.165) is 12.0 Å². The van der Waals surface area contributed by atoms with Gasteiger partial charge in [0, 0.05) is 9.99 Å². The number of halogens is 2. The highest BCUT2D eigenvalue weighted by Crippen LogP contribution is 2.15. The maximum atomic E-state index is 11.3. The van der Waals surface area contributed by atoms with E-state index in [1.807, 2.05) is 0 Å². The molecular weight excluding hydrogens is 355 g/mol. The molecule has 1 rings (SSSR count). The molecule has 0 aliphatic heterocycles. The lowest BCUT2D eigenvalue weighted by Gasteiger charge is -2.06. The first-order valence-corrected chi connectivity index (χ1v) is 6.72. The lowest BCUT2D eigenvalue weighted by Crippen LogP contribution is -2.06. The van der Waals surface area contributed by atoms with E-state index in [0.29, 0.717) is 11.8 Å². The van der Waals surface area contributed by atoms with Gasteiger partial charge in [0.1, 0.15) is 5.78 Å². The largest absolute Gasteiger partial charge is 0.298 e. The van der Waals surface area contributed by atoms with Gasteiger partial charge in [-0.3, -0.25) is 4.79 Å². The van der Waals surface area contributed by atoms with E-state index >= 15 is 0 Å². The molecule has 0 amide bonds. The summed E-state index contributed by atoms with van der Waals surface area (Å²) >= 11 is 5.48. The van der Waals surface area contributed by atoms with Crippen molar-refractivity contribution in [2.24, 2.45) is 0 Å². The van der Waals surface area contributed by atoms with Gasteiger partial charge in [-0.2, -0.15) is 0 Å². The molecule has 0 bridgehead atoms. The van der Waals surface area contributed by atoms with Gasteiger partial charge in [0.05, 0.1) is 5.33 Å².